The molecule has 1 amide bonds. The van der Waals surface area contributed by atoms with E-state index in [9.17, 15) is 13.2 Å². The Morgan fingerprint density at radius 3 is 2.50 bits per heavy atom. The Hall–Kier alpha value is -1.40. The topological polar surface area (TPSA) is 89.3 Å². The largest absolute Gasteiger partial charge is 0.330 e. The fourth-order valence-corrected chi connectivity index (χ4v) is 2.02. The van der Waals surface area contributed by atoms with Gasteiger partial charge in [0.1, 0.15) is 0 Å². The molecule has 1 rings (SSSR count). The number of rotatable bonds is 5. The van der Waals surface area contributed by atoms with E-state index < -0.39 is 21.2 Å². The van der Waals surface area contributed by atoms with E-state index >= 15 is 0 Å². The minimum absolute atomic E-state index is 0.354. The number of carbonyl (C=O) groups is 1. The Labute approximate surface area is 107 Å². The Balaban J connectivity index is 2.98. The van der Waals surface area contributed by atoms with Gasteiger partial charge in [-0.2, -0.15) is 0 Å². The lowest BCUT2D eigenvalue weighted by molar-refractivity contribution is 0.0980. The van der Waals surface area contributed by atoms with Gasteiger partial charge in [-0.15, -0.1) is 0 Å². The first-order chi connectivity index (χ1) is 8.38. The Morgan fingerprint density at radius 1 is 1.33 bits per heavy atom. The average Bonchev–Trinajstić information content (AvgIpc) is 2.29. The molecule has 0 bridgehead atoms. The van der Waals surface area contributed by atoms with Crippen molar-refractivity contribution in [3.8, 4) is 0 Å². The Bertz CT molecular complexity index is 524. The summed E-state index contributed by atoms with van der Waals surface area (Å²) in [6.07, 6.45) is 0.533. The van der Waals surface area contributed by atoms with Crippen molar-refractivity contribution in [3.05, 3.63) is 35.4 Å². The number of amides is 1. The van der Waals surface area contributed by atoms with E-state index in [1.165, 1.54) is 13.8 Å². The molecule has 5 nitrogen and oxygen atoms in total. The zero-order chi connectivity index (χ0) is 13.8. The number of hydrogen-bond donors (Lipinski definition) is 2. The van der Waals surface area contributed by atoms with Gasteiger partial charge in [0.25, 0.3) is 5.91 Å². The lowest BCUT2D eigenvalue weighted by Crippen LogP contribution is -2.36. The molecule has 0 heterocycles. The van der Waals surface area contributed by atoms with E-state index in [4.69, 9.17) is 5.73 Å². The van der Waals surface area contributed by atoms with Crippen LogP contribution in [0, 0.1) is 0 Å². The zero-order valence-corrected chi connectivity index (χ0v) is 11.3. The van der Waals surface area contributed by atoms with Gasteiger partial charge in [0.2, 0.25) is 10.0 Å². The first kappa shape index (κ1) is 14.7. The molecule has 0 aliphatic rings. The highest BCUT2D eigenvalue weighted by Gasteiger charge is 2.21. The summed E-state index contributed by atoms with van der Waals surface area (Å²) in [4.78, 5) is 11.9. The Kier molecular flexibility index (Phi) is 4.86. The van der Waals surface area contributed by atoms with Crippen LogP contribution in [0.1, 0.15) is 29.8 Å². The van der Waals surface area contributed by atoms with Crippen LogP contribution in [0.5, 0.6) is 0 Å². The van der Waals surface area contributed by atoms with E-state index in [-0.39, 0.29) is 0 Å². The monoisotopic (exact) mass is 270 g/mol. The Morgan fingerprint density at radius 2 is 1.94 bits per heavy atom. The molecular weight excluding hydrogens is 252 g/mol. The maximum absolute atomic E-state index is 11.9. The third kappa shape index (κ3) is 3.54. The molecule has 0 radical (unpaired) electrons. The predicted molar refractivity (Wildman–Crippen MR) is 70.7 cm³/mol. The van der Waals surface area contributed by atoms with Crippen molar-refractivity contribution in [1.82, 2.24) is 4.72 Å². The molecule has 100 valence electrons. The third-order valence-corrected chi connectivity index (χ3v) is 4.24. The summed E-state index contributed by atoms with van der Waals surface area (Å²) < 4.78 is 25.3. The van der Waals surface area contributed by atoms with Gasteiger partial charge in [0.15, 0.2) is 0 Å². The summed E-state index contributed by atoms with van der Waals surface area (Å²) in [5.41, 5.74) is 6.56. The molecule has 0 aromatic heterocycles. The lowest BCUT2D eigenvalue weighted by atomic mass is 10.0. The van der Waals surface area contributed by atoms with Gasteiger partial charge in [-0.25, -0.2) is 13.1 Å². The van der Waals surface area contributed by atoms with E-state index in [1.807, 2.05) is 0 Å². The van der Waals surface area contributed by atoms with Gasteiger partial charge in [-0.3, -0.25) is 4.79 Å². The molecule has 1 aromatic carbocycles. The van der Waals surface area contributed by atoms with Gasteiger partial charge in [0.05, 0.1) is 5.25 Å². The second-order valence-electron chi connectivity index (χ2n) is 4.22. The minimum Gasteiger partial charge on any atom is -0.330 e. The van der Waals surface area contributed by atoms with Crippen LogP contribution in [0.3, 0.4) is 0 Å². The molecule has 0 fully saturated rings. The summed E-state index contributed by atoms with van der Waals surface area (Å²) >= 11 is 0. The minimum atomic E-state index is -3.61. The highest BCUT2D eigenvalue weighted by Crippen LogP contribution is 2.10. The molecule has 0 aliphatic heterocycles. The van der Waals surface area contributed by atoms with Crippen LogP contribution in [0.15, 0.2) is 24.3 Å². The van der Waals surface area contributed by atoms with Crippen molar-refractivity contribution >= 4 is 15.9 Å². The van der Waals surface area contributed by atoms with Crippen LogP contribution in [-0.2, 0) is 16.4 Å². The first-order valence-corrected chi connectivity index (χ1v) is 7.27. The van der Waals surface area contributed by atoms with Gasteiger partial charge < -0.3 is 5.73 Å². The molecule has 1 aromatic rings. The average molecular weight is 270 g/mol. The predicted octanol–water partition coefficient (Wildman–Crippen LogP) is 0.656. The molecule has 0 saturated heterocycles. The second-order valence-corrected chi connectivity index (χ2v) is 6.46. The summed E-state index contributed by atoms with van der Waals surface area (Å²) in [7, 11) is -3.61. The van der Waals surface area contributed by atoms with Crippen molar-refractivity contribution in [3.63, 3.8) is 0 Å². The van der Waals surface area contributed by atoms with Crippen molar-refractivity contribution in [2.75, 3.05) is 6.54 Å². The van der Waals surface area contributed by atoms with E-state index in [0.29, 0.717) is 18.5 Å². The van der Waals surface area contributed by atoms with Crippen molar-refractivity contribution in [2.24, 2.45) is 5.73 Å². The van der Waals surface area contributed by atoms with Gasteiger partial charge in [-0.05, 0) is 38.4 Å². The number of hydrogen-bond acceptors (Lipinski definition) is 4. The fourth-order valence-electron chi connectivity index (χ4n) is 1.42. The highest BCUT2D eigenvalue weighted by molar-refractivity contribution is 7.90. The zero-order valence-electron chi connectivity index (χ0n) is 10.5. The number of carbonyl (C=O) groups excluding carboxylic acids is 1. The summed E-state index contributed by atoms with van der Waals surface area (Å²) in [5, 5.41) is -0.650. The van der Waals surface area contributed by atoms with Crippen LogP contribution in [-0.4, -0.2) is 26.1 Å². The third-order valence-electron chi connectivity index (χ3n) is 2.53. The molecular formula is C12H18N2O3S. The SMILES string of the molecule is CC(C)S(=O)(=O)NC(=O)c1ccccc1CCN. The summed E-state index contributed by atoms with van der Waals surface area (Å²) in [5.74, 6) is -0.604. The molecule has 3 N–H and O–H groups in total. The molecule has 0 spiro atoms. The molecule has 18 heavy (non-hydrogen) atoms. The molecule has 0 unspecified atom stereocenters. The van der Waals surface area contributed by atoms with E-state index in [0.717, 1.165) is 5.56 Å². The standard InChI is InChI=1S/C12H18N2O3S/c1-9(2)18(16,17)14-12(15)11-6-4-3-5-10(11)7-8-13/h3-6,9H,7-8,13H2,1-2H3,(H,14,15). The van der Waals surface area contributed by atoms with Gasteiger partial charge in [-0.1, -0.05) is 18.2 Å². The van der Waals surface area contributed by atoms with Crippen LogP contribution in [0.4, 0.5) is 0 Å². The maximum atomic E-state index is 11.9. The van der Waals surface area contributed by atoms with Crippen LogP contribution in [0.25, 0.3) is 0 Å². The lowest BCUT2D eigenvalue weighted by Gasteiger charge is -2.11. The fraction of sp³-hybridized carbons (Fsp3) is 0.417. The number of benzene rings is 1. The van der Waals surface area contributed by atoms with Gasteiger partial charge >= 0.3 is 0 Å². The summed E-state index contributed by atoms with van der Waals surface area (Å²) in [6, 6.07) is 6.84. The molecule has 0 atom stereocenters. The number of sulfonamides is 1. The second kappa shape index (κ2) is 5.97. The molecule has 0 saturated carbocycles. The maximum Gasteiger partial charge on any atom is 0.265 e. The van der Waals surface area contributed by atoms with Crippen LogP contribution in [0.2, 0.25) is 0 Å². The van der Waals surface area contributed by atoms with Gasteiger partial charge in [0, 0.05) is 5.56 Å². The highest BCUT2D eigenvalue weighted by atomic mass is 32.2. The van der Waals surface area contributed by atoms with Crippen LogP contribution < -0.4 is 10.5 Å². The van der Waals surface area contributed by atoms with E-state index in [1.54, 1.807) is 24.3 Å². The molecule has 6 heteroatoms. The first-order valence-electron chi connectivity index (χ1n) is 5.72. The summed E-state index contributed by atoms with van der Waals surface area (Å²) in [6.45, 7) is 3.43. The quantitative estimate of drug-likeness (QED) is 0.822. The van der Waals surface area contributed by atoms with Crippen molar-refractivity contribution in [1.29, 1.82) is 0 Å². The number of nitrogens with two attached hydrogens (primary N) is 1. The van der Waals surface area contributed by atoms with Crippen LogP contribution >= 0.6 is 0 Å². The smallest absolute Gasteiger partial charge is 0.265 e. The van der Waals surface area contributed by atoms with E-state index in [2.05, 4.69) is 4.72 Å². The normalized spacial score (nSPS) is 11.6. The van der Waals surface area contributed by atoms with Crippen molar-refractivity contribution in [2.45, 2.75) is 25.5 Å². The molecule has 0 aliphatic carbocycles. The van der Waals surface area contributed by atoms with Crippen molar-refractivity contribution < 1.29 is 13.2 Å². The number of nitrogens with one attached hydrogen (secondary N) is 1.